The van der Waals surface area contributed by atoms with Gasteiger partial charge in [0.25, 0.3) is 0 Å². The molecule has 8 nitrogen and oxygen atoms in total. The fourth-order valence-corrected chi connectivity index (χ4v) is 4.14. The molecule has 1 spiro atoms. The van der Waals surface area contributed by atoms with Gasteiger partial charge in [0.05, 0.1) is 36.3 Å². The largest absolute Gasteiger partial charge is 0.461 e. The number of rotatable bonds is 3. The molecule has 2 fully saturated rings. The molecular weight excluding hydrogens is 443 g/mol. The maximum atomic E-state index is 12.8. The van der Waals surface area contributed by atoms with Crippen LogP contribution in [0.1, 0.15) is 25.3 Å². The molecule has 0 bridgehead atoms. The highest BCUT2D eigenvalue weighted by atomic mass is 35.5. The van der Waals surface area contributed by atoms with E-state index in [2.05, 4.69) is 10.1 Å². The van der Waals surface area contributed by atoms with Crippen LogP contribution >= 0.6 is 11.6 Å². The number of carbonyl (C=O) groups is 1. The molecule has 3 aliphatic heterocycles. The highest BCUT2D eigenvalue weighted by molar-refractivity contribution is 6.37. The molecule has 0 amide bonds. The Morgan fingerprint density at radius 2 is 2.03 bits per heavy atom. The molecule has 0 radical (unpaired) electrons. The van der Waals surface area contributed by atoms with E-state index in [4.69, 9.17) is 30.6 Å². The summed E-state index contributed by atoms with van der Waals surface area (Å²) in [7, 11) is 0. The molecule has 4 rings (SSSR count). The minimum atomic E-state index is -4.50. The van der Waals surface area contributed by atoms with Crippen molar-refractivity contribution >= 4 is 29.1 Å². The molecular formula is C19H21ClF3N3O5. The van der Waals surface area contributed by atoms with Crippen molar-refractivity contribution in [2.75, 3.05) is 37.8 Å². The lowest BCUT2D eigenvalue weighted by Crippen LogP contribution is -2.48. The van der Waals surface area contributed by atoms with Crippen LogP contribution in [0, 0.1) is 5.92 Å². The van der Waals surface area contributed by atoms with Gasteiger partial charge in [-0.2, -0.15) is 13.2 Å². The van der Waals surface area contributed by atoms with E-state index in [-0.39, 0.29) is 42.3 Å². The smallest absolute Gasteiger partial charge is 0.417 e. The van der Waals surface area contributed by atoms with Gasteiger partial charge in [-0.1, -0.05) is 16.8 Å². The van der Waals surface area contributed by atoms with Crippen LogP contribution in [0.5, 0.6) is 0 Å². The van der Waals surface area contributed by atoms with E-state index in [0.29, 0.717) is 25.9 Å². The zero-order chi connectivity index (χ0) is 22.2. The van der Waals surface area contributed by atoms with Gasteiger partial charge < -0.3 is 23.9 Å². The molecule has 0 saturated carbocycles. The van der Waals surface area contributed by atoms with Crippen molar-refractivity contribution in [1.29, 1.82) is 0 Å². The van der Waals surface area contributed by atoms with Crippen molar-refractivity contribution in [3.05, 3.63) is 22.8 Å². The molecule has 4 heterocycles. The summed E-state index contributed by atoms with van der Waals surface area (Å²) < 4.78 is 55.6. The maximum Gasteiger partial charge on any atom is 0.417 e. The normalized spacial score (nSPS) is 25.5. The van der Waals surface area contributed by atoms with Crippen LogP contribution < -0.4 is 4.90 Å². The molecule has 0 aromatic carbocycles. The third kappa shape index (κ3) is 4.44. The summed E-state index contributed by atoms with van der Waals surface area (Å²) in [5.74, 6) is -1.52. The number of carbonyl (C=O) groups excluding carboxylic acids is 1. The molecule has 170 valence electrons. The summed E-state index contributed by atoms with van der Waals surface area (Å²) >= 11 is 6.07. The molecule has 0 aliphatic carbocycles. The van der Waals surface area contributed by atoms with Crippen molar-refractivity contribution in [1.82, 2.24) is 4.98 Å². The number of esters is 1. The Bertz CT molecular complexity index is 874. The Labute approximate surface area is 181 Å². The van der Waals surface area contributed by atoms with Crippen molar-refractivity contribution in [2.45, 2.75) is 37.8 Å². The number of piperidine rings is 1. The zero-order valence-electron chi connectivity index (χ0n) is 16.7. The number of hydrogen-bond donors (Lipinski definition) is 0. The summed E-state index contributed by atoms with van der Waals surface area (Å²) in [6.45, 7) is 3.16. The van der Waals surface area contributed by atoms with E-state index in [1.807, 2.05) is 0 Å². The second-order valence-corrected chi connectivity index (χ2v) is 7.90. The third-order valence-electron chi connectivity index (χ3n) is 5.58. The first-order valence-corrected chi connectivity index (χ1v) is 10.3. The van der Waals surface area contributed by atoms with Gasteiger partial charge in [0.15, 0.2) is 17.6 Å². The molecule has 1 aromatic rings. The van der Waals surface area contributed by atoms with E-state index < -0.39 is 29.6 Å². The van der Waals surface area contributed by atoms with Crippen LogP contribution in [-0.2, 0) is 30.0 Å². The third-order valence-corrected chi connectivity index (χ3v) is 5.86. The SMILES string of the molecule is CCOC(=O)C1=NOC2COC3(CCN(c4ncc(C(F)(F)F)cc4Cl)CC3)OCC12. The average Bonchev–Trinajstić information content (AvgIpc) is 3.06. The molecule has 0 N–H and O–H groups in total. The Morgan fingerprint density at radius 3 is 2.68 bits per heavy atom. The average molecular weight is 464 g/mol. The Balaban J connectivity index is 1.40. The fraction of sp³-hybridized carbons (Fsp3) is 0.632. The summed E-state index contributed by atoms with van der Waals surface area (Å²) in [6, 6.07) is 0.877. The van der Waals surface area contributed by atoms with E-state index in [1.54, 1.807) is 11.8 Å². The van der Waals surface area contributed by atoms with Crippen LogP contribution in [0.3, 0.4) is 0 Å². The van der Waals surface area contributed by atoms with Crippen molar-refractivity contribution < 1.29 is 37.0 Å². The van der Waals surface area contributed by atoms with Gasteiger partial charge in [-0.3, -0.25) is 0 Å². The summed E-state index contributed by atoms with van der Waals surface area (Å²) in [5, 5.41) is 3.77. The van der Waals surface area contributed by atoms with E-state index in [0.717, 1.165) is 12.3 Å². The second-order valence-electron chi connectivity index (χ2n) is 7.49. The lowest BCUT2D eigenvalue weighted by Gasteiger charge is -2.41. The topological polar surface area (TPSA) is 82.5 Å². The first-order valence-electron chi connectivity index (χ1n) is 9.89. The molecule has 12 heteroatoms. The van der Waals surface area contributed by atoms with Crippen LogP contribution in [0.2, 0.25) is 5.02 Å². The zero-order valence-corrected chi connectivity index (χ0v) is 17.4. The summed E-state index contributed by atoms with van der Waals surface area (Å²) in [4.78, 5) is 23.1. The Hall–Kier alpha value is -2.11. The Kier molecular flexibility index (Phi) is 6.01. The standard InChI is InChI=1S/C19H21ClF3N3O5/c1-2-28-17(27)15-12-9-29-18(30-10-14(12)31-25-15)3-5-26(6-4-18)16-13(20)7-11(8-24-16)19(21,22)23/h7-8,12,14H,2-6,9-10H2,1H3. The quantitative estimate of drug-likeness (QED) is 0.637. The van der Waals surface area contributed by atoms with Gasteiger partial charge in [0, 0.05) is 32.1 Å². The van der Waals surface area contributed by atoms with Gasteiger partial charge in [-0.25, -0.2) is 9.78 Å². The highest BCUT2D eigenvalue weighted by Gasteiger charge is 2.47. The van der Waals surface area contributed by atoms with Crippen LogP contribution in [0.4, 0.5) is 19.0 Å². The number of halogens is 4. The number of alkyl halides is 3. The van der Waals surface area contributed by atoms with E-state index >= 15 is 0 Å². The number of oxime groups is 1. The summed E-state index contributed by atoms with van der Waals surface area (Å²) in [5.41, 5.74) is -0.707. The van der Waals surface area contributed by atoms with Crippen molar-refractivity contribution in [3.63, 3.8) is 0 Å². The molecule has 1 aromatic heterocycles. The van der Waals surface area contributed by atoms with Gasteiger partial charge in [-0.05, 0) is 13.0 Å². The number of nitrogens with zero attached hydrogens (tertiary/aromatic N) is 3. The molecule has 31 heavy (non-hydrogen) atoms. The van der Waals surface area contributed by atoms with Crippen LogP contribution in [0.15, 0.2) is 17.4 Å². The van der Waals surface area contributed by atoms with Gasteiger partial charge in [0.1, 0.15) is 5.82 Å². The van der Waals surface area contributed by atoms with Gasteiger partial charge in [0.2, 0.25) is 0 Å². The predicted octanol–water partition coefficient (Wildman–Crippen LogP) is 3.03. The van der Waals surface area contributed by atoms with Crippen molar-refractivity contribution in [2.24, 2.45) is 11.1 Å². The van der Waals surface area contributed by atoms with Gasteiger partial charge >= 0.3 is 12.1 Å². The highest BCUT2D eigenvalue weighted by Crippen LogP contribution is 2.38. The van der Waals surface area contributed by atoms with Crippen LogP contribution in [-0.4, -0.2) is 61.5 Å². The van der Waals surface area contributed by atoms with Gasteiger partial charge in [-0.15, -0.1) is 0 Å². The number of hydrogen-bond acceptors (Lipinski definition) is 8. The maximum absolute atomic E-state index is 12.8. The molecule has 3 aliphatic rings. The fourth-order valence-electron chi connectivity index (χ4n) is 3.85. The van der Waals surface area contributed by atoms with Crippen molar-refractivity contribution in [3.8, 4) is 0 Å². The predicted molar refractivity (Wildman–Crippen MR) is 103 cm³/mol. The summed E-state index contributed by atoms with van der Waals surface area (Å²) in [6.07, 6.45) is -3.29. The van der Waals surface area contributed by atoms with E-state index in [1.165, 1.54) is 0 Å². The number of fused-ring (bicyclic) bond motifs is 1. The lowest BCUT2D eigenvalue weighted by molar-refractivity contribution is -0.240. The minimum Gasteiger partial charge on any atom is -0.461 e. The first-order chi connectivity index (χ1) is 14.7. The van der Waals surface area contributed by atoms with E-state index in [9.17, 15) is 18.0 Å². The molecule has 2 unspecified atom stereocenters. The number of ether oxygens (including phenoxy) is 3. The number of pyridine rings is 1. The molecule has 2 saturated heterocycles. The van der Waals surface area contributed by atoms with Crippen LogP contribution in [0.25, 0.3) is 0 Å². The minimum absolute atomic E-state index is 0.0632. The monoisotopic (exact) mass is 463 g/mol. The number of aromatic nitrogens is 1. The number of anilines is 1. The Morgan fingerprint density at radius 1 is 1.32 bits per heavy atom. The lowest BCUT2D eigenvalue weighted by atomic mass is 9.99. The first kappa shape index (κ1) is 22.1. The molecule has 2 atom stereocenters. The second kappa shape index (κ2) is 8.44.